The number of rotatable bonds is 4. The molecular weight excluding hydrogens is 343 g/mol. The summed E-state index contributed by atoms with van der Waals surface area (Å²) in [4.78, 5) is 30.5. The van der Waals surface area contributed by atoms with Crippen molar-refractivity contribution < 1.29 is 19.1 Å². The van der Waals surface area contributed by atoms with Gasteiger partial charge in [-0.3, -0.25) is 4.79 Å². The summed E-state index contributed by atoms with van der Waals surface area (Å²) in [5, 5.41) is 10.1. The minimum Gasteiger partial charge on any atom is -0.479 e. The Kier molecular flexibility index (Phi) is 4.85. The molecule has 7 heteroatoms. The third-order valence-electron chi connectivity index (χ3n) is 4.85. The largest absolute Gasteiger partial charge is 0.479 e. The van der Waals surface area contributed by atoms with Crippen molar-refractivity contribution in [2.24, 2.45) is 0 Å². The highest BCUT2D eigenvalue weighted by Gasteiger charge is 2.45. The molecule has 1 heterocycles. The Hall–Kier alpha value is -2.28. The minimum atomic E-state index is -1.17. The van der Waals surface area contributed by atoms with Crippen molar-refractivity contribution in [1.29, 1.82) is 0 Å². The van der Waals surface area contributed by atoms with E-state index in [4.69, 9.17) is 0 Å². The third kappa shape index (κ3) is 3.16. The van der Waals surface area contributed by atoms with Gasteiger partial charge >= 0.3 is 5.97 Å². The monoisotopic (exact) mass is 362 g/mol. The highest BCUT2D eigenvalue weighted by Crippen LogP contribution is 2.35. The molecule has 0 saturated heterocycles. The van der Waals surface area contributed by atoms with Crippen LogP contribution >= 0.6 is 11.3 Å². The first-order valence-electron chi connectivity index (χ1n) is 8.18. The lowest BCUT2D eigenvalue weighted by Crippen LogP contribution is -2.56. The predicted octanol–water partition coefficient (Wildman–Crippen LogP) is 3.81. The number of aromatic nitrogens is 1. The lowest BCUT2D eigenvalue weighted by Gasteiger charge is -2.40. The molecule has 1 saturated carbocycles. The summed E-state index contributed by atoms with van der Waals surface area (Å²) in [6.07, 6.45) is 4.84. The van der Waals surface area contributed by atoms with E-state index < -0.39 is 17.3 Å². The van der Waals surface area contributed by atoms with Gasteiger partial charge in [-0.05, 0) is 25.0 Å². The van der Waals surface area contributed by atoms with Gasteiger partial charge in [0.05, 0.1) is 6.20 Å². The average Bonchev–Trinajstić information content (AvgIpc) is 3.11. The first kappa shape index (κ1) is 17.5. The van der Waals surface area contributed by atoms with Crippen molar-refractivity contribution in [1.82, 2.24) is 9.88 Å². The first-order chi connectivity index (χ1) is 12.0. The van der Waals surface area contributed by atoms with Crippen LogP contribution in [0.1, 0.15) is 41.8 Å². The van der Waals surface area contributed by atoms with E-state index in [0.29, 0.717) is 28.3 Å². The highest BCUT2D eigenvalue weighted by atomic mass is 32.1. The molecule has 0 spiro atoms. The summed E-state index contributed by atoms with van der Waals surface area (Å²) in [7, 11) is 1.53. The fourth-order valence-corrected chi connectivity index (χ4v) is 4.24. The van der Waals surface area contributed by atoms with Gasteiger partial charge in [-0.15, -0.1) is 11.3 Å². The summed E-state index contributed by atoms with van der Waals surface area (Å²) < 4.78 is 13.9. The van der Waals surface area contributed by atoms with Crippen molar-refractivity contribution in [2.75, 3.05) is 7.05 Å². The number of amides is 1. The fraction of sp³-hybridized carbons (Fsp3) is 0.389. The zero-order valence-electron chi connectivity index (χ0n) is 13.9. The molecule has 25 heavy (non-hydrogen) atoms. The van der Waals surface area contributed by atoms with Crippen LogP contribution in [0.5, 0.6) is 0 Å². The van der Waals surface area contributed by atoms with Crippen molar-refractivity contribution >= 4 is 23.2 Å². The quantitative estimate of drug-likeness (QED) is 0.898. The van der Waals surface area contributed by atoms with Crippen LogP contribution < -0.4 is 0 Å². The van der Waals surface area contributed by atoms with Gasteiger partial charge in [-0.2, -0.15) is 0 Å². The number of carbonyl (C=O) groups excluding carboxylic acids is 1. The van der Waals surface area contributed by atoms with E-state index in [1.165, 1.54) is 24.2 Å². The van der Waals surface area contributed by atoms with E-state index in [9.17, 15) is 19.1 Å². The molecule has 1 aliphatic carbocycles. The molecule has 3 rings (SSSR count). The van der Waals surface area contributed by atoms with Crippen LogP contribution in [-0.2, 0) is 4.79 Å². The number of aliphatic carboxylic acids is 1. The minimum absolute atomic E-state index is 0.312. The zero-order chi connectivity index (χ0) is 18.0. The normalized spacial score (nSPS) is 16.4. The van der Waals surface area contributed by atoms with Gasteiger partial charge in [0, 0.05) is 12.6 Å². The van der Waals surface area contributed by atoms with Crippen molar-refractivity contribution in [3.63, 3.8) is 0 Å². The smallest absolute Gasteiger partial charge is 0.329 e. The standard InChI is InChI=1S/C18H19FN2O3S/c1-21(18(17(23)24)9-5-2-6-10-18)16(22)14-11-20-15(25-14)12-7-3-4-8-13(12)19/h3-4,7-8,11H,2,5-6,9-10H2,1H3,(H,23,24). The van der Waals surface area contributed by atoms with Gasteiger partial charge in [0.15, 0.2) is 0 Å². The first-order valence-corrected chi connectivity index (χ1v) is 8.99. The van der Waals surface area contributed by atoms with Gasteiger partial charge in [0.25, 0.3) is 5.91 Å². The maximum atomic E-state index is 13.9. The Morgan fingerprint density at radius 2 is 1.92 bits per heavy atom. The number of carboxylic acid groups (broad SMARTS) is 1. The van der Waals surface area contributed by atoms with Gasteiger partial charge in [-0.1, -0.05) is 31.4 Å². The van der Waals surface area contributed by atoms with Crippen LogP contribution in [0.4, 0.5) is 4.39 Å². The molecule has 5 nitrogen and oxygen atoms in total. The van der Waals surface area contributed by atoms with Gasteiger partial charge in [0.1, 0.15) is 21.2 Å². The van der Waals surface area contributed by atoms with Crippen LogP contribution in [0.15, 0.2) is 30.5 Å². The molecule has 0 bridgehead atoms. The number of carbonyl (C=O) groups is 2. The highest BCUT2D eigenvalue weighted by molar-refractivity contribution is 7.16. The van der Waals surface area contributed by atoms with E-state index in [-0.39, 0.29) is 5.91 Å². The van der Waals surface area contributed by atoms with E-state index in [2.05, 4.69) is 4.98 Å². The van der Waals surface area contributed by atoms with Gasteiger partial charge < -0.3 is 10.0 Å². The summed E-state index contributed by atoms with van der Waals surface area (Å²) in [6.45, 7) is 0. The molecule has 1 fully saturated rings. The molecule has 1 N–H and O–H groups in total. The summed E-state index contributed by atoms with van der Waals surface area (Å²) in [5.41, 5.74) is -0.836. The van der Waals surface area contributed by atoms with Crippen molar-refractivity contribution in [3.8, 4) is 10.6 Å². The van der Waals surface area contributed by atoms with E-state index in [0.717, 1.165) is 30.6 Å². The number of thiazole rings is 1. The SMILES string of the molecule is CN(C(=O)c1cnc(-c2ccccc2F)s1)C1(C(=O)O)CCCCC1. The zero-order valence-corrected chi connectivity index (χ0v) is 14.7. The van der Waals surface area contributed by atoms with Crippen molar-refractivity contribution in [2.45, 2.75) is 37.6 Å². The molecule has 1 aromatic heterocycles. The third-order valence-corrected chi connectivity index (χ3v) is 5.86. The van der Waals surface area contributed by atoms with Crippen LogP contribution in [0.3, 0.4) is 0 Å². The Bertz CT molecular complexity index is 799. The number of hydrogen-bond donors (Lipinski definition) is 1. The lowest BCUT2D eigenvalue weighted by atomic mass is 9.80. The Balaban J connectivity index is 1.88. The second-order valence-corrected chi connectivity index (χ2v) is 7.30. The lowest BCUT2D eigenvalue weighted by molar-refractivity contribution is -0.151. The van der Waals surface area contributed by atoms with Crippen LogP contribution in [0.25, 0.3) is 10.6 Å². The summed E-state index contributed by atoms with van der Waals surface area (Å²) in [5.74, 6) is -1.76. The molecule has 1 aromatic carbocycles. The number of carboxylic acids is 1. The molecule has 132 valence electrons. The van der Waals surface area contributed by atoms with E-state index >= 15 is 0 Å². The molecule has 2 aromatic rings. The predicted molar refractivity (Wildman–Crippen MR) is 93.1 cm³/mol. The molecule has 0 radical (unpaired) electrons. The van der Waals surface area contributed by atoms with E-state index in [1.54, 1.807) is 18.2 Å². The van der Waals surface area contributed by atoms with Gasteiger partial charge in [-0.25, -0.2) is 14.2 Å². The Morgan fingerprint density at radius 3 is 2.56 bits per heavy atom. The molecule has 0 atom stereocenters. The van der Waals surface area contributed by atoms with E-state index in [1.807, 2.05) is 0 Å². The number of nitrogens with zero attached hydrogens (tertiary/aromatic N) is 2. The number of likely N-dealkylation sites (N-methyl/N-ethyl adjacent to an activating group) is 1. The molecule has 1 aliphatic rings. The molecule has 0 unspecified atom stereocenters. The van der Waals surface area contributed by atoms with Crippen LogP contribution in [0, 0.1) is 5.82 Å². The Morgan fingerprint density at radius 1 is 1.24 bits per heavy atom. The Labute approximate surface area is 149 Å². The topological polar surface area (TPSA) is 70.5 Å². The van der Waals surface area contributed by atoms with Crippen molar-refractivity contribution in [3.05, 3.63) is 41.2 Å². The molecule has 1 amide bonds. The van der Waals surface area contributed by atoms with Gasteiger partial charge in [0.2, 0.25) is 0 Å². The fourth-order valence-electron chi connectivity index (χ4n) is 3.32. The average molecular weight is 362 g/mol. The maximum Gasteiger partial charge on any atom is 0.329 e. The second-order valence-electron chi connectivity index (χ2n) is 6.27. The molecular formula is C18H19FN2O3S. The molecule has 0 aliphatic heterocycles. The second kappa shape index (κ2) is 6.92. The summed E-state index contributed by atoms with van der Waals surface area (Å²) in [6, 6.07) is 6.23. The maximum absolute atomic E-state index is 13.9. The number of halogens is 1. The number of benzene rings is 1. The summed E-state index contributed by atoms with van der Waals surface area (Å²) >= 11 is 1.08. The van der Waals surface area contributed by atoms with Crippen LogP contribution in [0.2, 0.25) is 0 Å². The number of hydrogen-bond acceptors (Lipinski definition) is 4. The van der Waals surface area contributed by atoms with Crippen LogP contribution in [-0.4, -0.2) is 39.5 Å².